The molecule has 2 rings (SSSR count). The van der Waals surface area contributed by atoms with Gasteiger partial charge in [-0.2, -0.15) is 4.68 Å². The first-order chi connectivity index (χ1) is 9.90. The van der Waals surface area contributed by atoms with E-state index in [4.69, 9.17) is 5.73 Å². The minimum Gasteiger partial charge on any atom is -0.382 e. The molecule has 0 amide bonds. The number of rotatable bonds is 5. The van der Waals surface area contributed by atoms with E-state index in [1.54, 1.807) is 0 Å². The van der Waals surface area contributed by atoms with E-state index in [2.05, 4.69) is 15.1 Å². The summed E-state index contributed by atoms with van der Waals surface area (Å²) in [5, 5.41) is 4.32. The van der Waals surface area contributed by atoms with E-state index in [1.807, 2.05) is 18.7 Å². The van der Waals surface area contributed by atoms with Gasteiger partial charge in [0.1, 0.15) is 5.82 Å². The molecule has 0 spiro atoms. The molecule has 0 saturated heterocycles. The Labute approximate surface area is 123 Å². The van der Waals surface area contributed by atoms with Crippen molar-refractivity contribution in [2.45, 2.75) is 18.7 Å². The van der Waals surface area contributed by atoms with Crippen molar-refractivity contribution in [1.82, 2.24) is 19.7 Å². The Morgan fingerprint density at radius 3 is 2.43 bits per heavy atom. The van der Waals surface area contributed by atoms with Crippen LogP contribution in [0.1, 0.15) is 13.8 Å². The van der Waals surface area contributed by atoms with Crippen molar-refractivity contribution >= 4 is 21.5 Å². The molecule has 2 aromatic heterocycles. The number of nitrogen functional groups attached to an aromatic ring is 1. The van der Waals surface area contributed by atoms with Crippen molar-refractivity contribution in [2.24, 2.45) is 0 Å². The summed E-state index contributed by atoms with van der Waals surface area (Å²) in [5.74, 6) is 0.754. The minimum absolute atomic E-state index is 0.0249. The molecule has 0 aromatic carbocycles. The third kappa shape index (κ3) is 2.82. The summed E-state index contributed by atoms with van der Waals surface area (Å²) in [6.45, 7) is 5.09. The van der Waals surface area contributed by atoms with Crippen LogP contribution in [0.3, 0.4) is 0 Å². The highest BCUT2D eigenvalue weighted by molar-refractivity contribution is 7.91. The molecule has 0 atom stereocenters. The molecule has 2 heterocycles. The molecule has 0 bridgehead atoms. The molecule has 2 aromatic rings. The lowest BCUT2D eigenvalue weighted by Gasteiger charge is -2.18. The molecule has 2 N–H and O–H groups in total. The molecule has 0 saturated carbocycles. The Morgan fingerprint density at radius 1 is 1.29 bits per heavy atom. The predicted octanol–water partition coefficient (Wildman–Crippen LogP) is 0.494. The van der Waals surface area contributed by atoms with Gasteiger partial charge in [-0.05, 0) is 13.8 Å². The van der Waals surface area contributed by atoms with Crippen molar-refractivity contribution in [1.29, 1.82) is 0 Å². The summed E-state index contributed by atoms with van der Waals surface area (Å²) >= 11 is 0. The molecule has 0 aliphatic heterocycles. The van der Waals surface area contributed by atoms with Crippen LogP contribution in [0.2, 0.25) is 0 Å². The number of sulfone groups is 1. The highest BCUT2D eigenvalue weighted by Crippen LogP contribution is 2.31. The van der Waals surface area contributed by atoms with Crippen molar-refractivity contribution in [3.63, 3.8) is 0 Å². The smallest absolute Gasteiger partial charge is 0.182 e. The van der Waals surface area contributed by atoms with Crippen LogP contribution in [-0.4, -0.2) is 47.5 Å². The minimum atomic E-state index is -3.51. The van der Waals surface area contributed by atoms with Crippen LogP contribution in [0.5, 0.6) is 0 Å². The predicted molar refractivity (Wildman–Crippen MR) is 80.2 cm³/mol. The Balaban J connectivity index is 2.72. The van der Waals surface area contributed by atoms with E-state index >= 15 is 0 Å². The Hall–Kier alpha value is -2.16. The fourth-order valence-corrected chi connectivity index (χ4v) is 3.03. The first kappa shape index (κ1) is 15.2. The normalized spacial score (nSPS) is 11.6. The van der Waals surface area contributed by atoms with Gasteiger partial charge in [0.05, 0.1) is 6.20 Å². The quantitative estimate of drug-likeness (QED) is 0.856. The van der Waals surface area contributed by atoms with E-state index in [0.29, 0.717) is 24.7 Å². The first-order valence-corrected chi connectivity index (χ1v) is 8.39. The van der Waals surface area contributed by atoms with Gasteiger partial charge in [0.2, 0.25) is 0 Å². The Bertz CT molecular complexity index is 722. The molecule has 0 aliphatic rings. The summed E-state index contributed by atoms with van der Waals surface area (Å²) in [7, 11) is -3.51. The lowest BCUT2D eigenvalue weighted by Crippen LogP contribution is -2.24. The number of nitrogens with zero attached hydrogens (tertiary/aromatic N) is 5. The van der Waals surface area contributed by atoms with Gasteiger partial charge in [0, 0.05) is 31.7 Å². The Kier molecular flexibility index (Phi) is 4.12. The fourth-order valence-electron chi connectivity index (χ4n) is 2.07. The summed E-state index contributed by atoms with van der Waals surface area (Å²) in [6.07, 6.45) is 5.61. The zero-order valence-corrected chi connectivity index (χ0v) is 13.0. The van der Waals surface area contributed by atoms with Crippen LogP contribution in [0.4, 0.5) is 11.6 Å². The molecule has 0 aliphatic carbocycles. The number of hydrogen-bond acceptors (Lipinski definition) is 7. The second-order valence-electron chi connectivity index (χ2n) is 4.46. The maximum Gasteiger partial charge on any atom is 0.182 e. The van der Waals surface area contributed by atoms with Gasteiger partial charge in [0.25, 0.3) is 0 Å². The zero-order valence-electron chi connectivity index (χ0n) is 12.2. The third-order valence-corrected chi connectivity index (χ3v) is 4.19. The van der Waals surface area contributed by atoms with E-state index < -0.39 is 9.84 Å². The average Bonchev–Trinajstić information content (AvgIpc) is 2.79. The molecule has 114 valence electrons. The molecule has 0 fully saturated rings. The van der Waals surface area contributed by atoms with Crippen molar-refractivity contribution in [2.75, 3.05) is 30.0 Å². The molecule has 9 heteroatoms. The fraction of sp³-hybridized carbons (Fsp3) is 0.417. The van der Waals surface area contributed by atoms with E-state index in [1.165, 1.54) is 23.3 Å². The summed E-state index contributed by atoms with van der Waals surface area (Å²) in [6, 6.07) is 0. The second-order valence-corrected chi connectivity index (χ2v) is 6.41. The number of nitrogens with two attached hydrogens (primary N) is 1. The zero-order chi connectivity index (χ0) is 15.6. The molecular formula is C12H18N6O2S. The Morgan fingerprint density at radius 2 is 1.95 bits per heavy atom. The van der Waals surface area contributed by atoms with Crippen LogP contribution in [0, 0.1) is 0 Å². The third-order valence-electron chi connectivity index (χ3n) is 3.06. The largest absolute Gasteiger partial charge is 0.382 e. The monoisotopic (exact) mass is 310 g/mol. The standard InChI is InChI=1S/C12H18N6O2S/c1-4-17(5-2)12-10(21(3,19)20)11(13)18(16-12)9-8-14-6-7-15-9/h6-8H,4-5,13H2,1-3H3. The molecule has 21 heavy (non-hydrogen) atoms. The van der Waals surface area contributed by atoms with Crippen molar-refractivity contribution in [3.8, 4) is 5.82 Å². The second kappa shape index (κ2) is 5.68. The summed E-state index contributed by atoms with van der Waals surface area (Å²) < 4.78 is 25.4. The molecule has 0 unspecified atom stereocenters. The topological polar surface area (TPSA) is 107 Å². The first-order valence-electron chi connectivity index (χ1n) is 6.50. The van der Waals surface area contributed by atoms with Gasteiger partial charge < -0.3 is 10.6 Å². The summed E-state index contributed by atoms with van der Waals surface area (Å²) in [4.78, 5) is 9.91. The average molecular weight is 310 g/mol. The van der Waals surface area contributed by atoms with E-state index in [9.17, 15) is 8.42 Å². The van der Waals surface area contributed by atoms with Gasteiger partial charge in [-0.3, -0.25) is 4.98 Å². The maximum absolute atomic E-state index is 12.1. The molecular weight excluding hydrogens is 292 g/mol. The van der Waals surface area contributed by atoms with Gasteiger partial charge >= 0.3 is 0 Å². The summed E-state index contributed by atoms with van der Waals surface area (Å²) in [5.41, 5.74) is 6.00. The van der Waals surface area contributed by atoms with Crippen LogP contribution in [0.15, 0.2) is 23.5 Å². The number of hydrogen-bond donors (Lipinski definition) is 1. The van der Waals surface area contributed by atoms with Crippen LogP contribution < -0.4 is 10.6 Å². The van der Waals surface area contributed by atoms with Crippen LogP contribution >= 0.6 is 0 Å². The number of aromatic nitrogens is 4. The van der Waals surface area contributed by atoms with Crippen LogP contribution in [0.25, 0.3) is 5.82 Å². The molecule has 0 radical (unpaired) electrons. The highest BCUT2D eigenvalue weighted by atomic mass is 32.2. The lowest BCUT2D eigenvalue weighted by molar-refractivity contribution is 0.602. The van der Waals surface area contributed by atoms with Gasteiger partial charge in [-0.1, -0.05) is 0 Å². The van der Waals surface area contributed by atoms with Gasteiger partial charge in [0.15, 0.2) is 26.4 Å². The van der Waals surface area contributed by atoms with Crippen molar-refractivity contribution < 1.29 is 8.42 Å². The van der Waals surface area contributed by atoms with Gasteiger partial charge in [-0.15, -0.1) is 5.10 Å². The van der Waals surface area contributed by atoms with Crippen LogP contribution in [-0.2, 0) is 9.84 Å². The van der Waals surface area contributed by atoms with E-state index in [-0.39, 0.29) is 10.7 Å². The SMILES string of the molecule is CCN(CC)c1nn(-c2cnccn2)c(N)c1S(C)(=O)=O. The lowest BCUT2D eigenvalue weighted by atomic mass is 10.4. The maximum atomic E-state index is 12.1. The van der Waals surface area contributed by atoms with Gasteiger partial charge in [-0.25, -0.2) is 13.4 Å². The molecule has 8 nitrogen and oxygen atoms in total. The van der Waals surface area contributed by atoms with Crippen molar-refractivity contribution in [3.05, 3.63) is 18.6 Å². The van der Waals surface area contributed by atoms with E-state index in [0.717, 1.165) is 6.26 Å². The highest BCUT2D eigenvalue weighted by Gasteiger charge is 2.27. The number of anilines is 2.